The van der Waals surface area contributed by atoms with Crippen molar-refractivity contribution >= 4 is 17.4 Å². The fourth-order valence-corrected chi connectivity index (χ4v) is 1.90. The molecule has 6 nitrogen and oxygen atoms in total. The van der Waals surface area contributed by atoms with Crippen molar-refractivity contribution in [3.8, 4) is 0 Å². The Hall–Kier alpha value is -1.72. The van der Waals surface area contributed by atoms with Gasteiger partial charge in [-0.05, 0) is 19.3 Å². The number of carbonyl (C=O) groups excluding carboxylic acids is 1. The van der Waals surface area contributed by atoms with Crippen molar-refractivity contribution < 1.29 is 4.79 Å². The van der Waals surface area contributed by atoms with Gasteiger partial charge in [0.05, 0.1) is 17.9 Å². The minimum Gasteiger partial charge on any atom is -0.394 e. The smallest absolute Gasteiger partial charge is 0.239 e. The number of hydrogen-bond donors (Lipinski definition) is 3. The first kappa shape index (κ1) is 12.7. The Balaban J connectivity index is 1.93. The topological polar surface area (TPSA) is 85.0 Å². The van der Waals surface area contributed by atoms with Crippen LogP contribution in [0.5, 0.6) is 0 Å². The molecule has 2 rings (SSSR count). The van der Waals surface area contributed by atoms with Crippen molar-refractivity contribution in [3.63, 3.8) is 0 Å². The third-order valence-electron chi connectivity index (χ3n) is 3.01. The Bertz CT molecular complexity index is 436. The molecule has 0 unspecified atom stereocenters. The zero-order valence-corrected chi connectivity index (χ0v) is 11.0. The van der Waals surface area contributed by atoms with Gasteiger partial charge in [0.1, 0.15) is 5.82 Å². The van der Waals surface area contributed by atoms with E-state index in [0.717, 1.165) is 37.2 Å². The summed E-state index contributed by atoms with van der Waals surface area (Å²) < 4.78 is 1.70. The molecule has 1 saturated carbocycles. The molecule has 0 bridgehead atoms. The number of aryl methyl sites for hydroxylation is 2. The van der Waals surface area contributed by atoms with Crippen LogP contribution in [0.2, 0.25) is 0 Å². The maximum absolute atomic E-state index is 11.6. The highest BCUT2D eigenvalue weighted by atomic mass is 16.2. The van der Waals surface area contributed by atoms with E-state index in [2.05, 4.69) is 22.7 Å². The molecule has 18 heavy (non-hydrogen) atoms. The zero-order valence-electron chi connectivity index (χ0n) is 11.0. The quantitative estimate of drug-likeness (QED) is 0.693. The molecule has 0 saturated heterocycles. The standard InChI is InChI=1S/C12H21N5O/c1-3-4-9-11(13)12(17(2)16-9)14-7-10(18)15-8-5-6-8/h8,14H,3-7,13H2,1-2H3,(H,15,18). The Morgan fingerprint density at radius 3 is 2.89 bits per heavy atom. The number of amides is 1. The summed E-state index contributed by atoms with van der Waals surface area (Å²) in [4.78, 5) is 11.6. The molecule has 1 amide bonds. The molecule has 100 valence electrons. The summed E-state index contributed by atoms with van der Waals surface area (Å²) in [5.74, 6) is 0.736. The zero-order chi connectivity index (χ0) is 13.1. The molecule has 1 aliphatic carbocycles. The van der Waals surface area contributed by atoms with Crippen LogP contribution >= 0.6 is 0 Å². The number of rotatable bonds is 6. The highest BCUT2D eigenvalue weighted by Crippen LogP contribution is 2.23. The van der Waals surface area contributed by atoms with E-state index in [1.807, 2.05) is 7.05 Å². The molecule has 4 N–H and O–H groups in total. The summed E-state index contributed by atoms with van der Waals surface area (Å²) in [6.45, 7) is 2.33. The van der Waals surface area contributed by atoms with E-state index in [1.165, 1.54) is 0 Å². The van der Waals surface area contributed by atoms with Gasteiger partial charge in [-0.15, -0.1) is 0 Å². The lowest BCUT2D eigenvalue weighted by Gasteiger charge is -2.07. The minimum absolute atomic E-state index is 0.00939. The van der Waals surface area contributed by atoms with Crippen LogP contribution in [0.15, 0.2) is 0 Å². The highest BCUT2D eigenvalue weighted by molar-refractivity contribution is 5.82. The van der Waals surface area contributed by atoms with E-state index in [0.29, 0.717) is 11.7 Å². The van der Waals surface area contributed by atoms with E-state index in [-0.39, 0.29) is 12.5 Å². The number of anilines is 2. The monoisotopic (exact) mass is 251 g/mol. The maximum Gasteiger partial charge on any atom is 0.239 e. The van der Waals surface area contributed by atoms with Gasteiger partial charge in [-0.2, -0.15) is 5.10 Å². The first-order chi connectivity index (χ1) is 8.61. The summed E-state index contributed by atoms with van der Waals surface area (Å²) in [6, 6.07) is 0.388. The average molecular weight is 251 g/mol. The van der Waals surface area contributed by atoms with E-state index < -0.39 is 0 Å². The Morgan fingerprint density at radius 2 is 2.28 bits per heavy atom. The molecule has 6 heteroatoms. The minimum atomic E-state index is 0.00939. The average Bonchev–Trinajstić information content (AvgIpc) is 3.07. The lowest BCUT2D eigenvalue weighted by molar-refractivity contribution is -0.119. The Kier molecular flexibility index (Phi) is 3.74. The first-order valence-corrected chi connectivity index (χ1v) is 6.46. The van der Waals surface area contributed by atoms with Crippen molar-refractivity contribution in [3.05, 3.63) is 5.69 Å². The van der Waals surface area contributed by atoms with Crippen LogP contribution in [-0.4, -0.2) is 28.3 Å². The molecular formula is C12H21N5O. The molecule has 0 aliphatic heterocycles. The number of hydrogen-bond acceptors (Lipinski definition) is 4. The Morgan fingerprint density at radius 1 is 1.56 bits per heavy atom. The summed E-state index contributed by atoms with van der Waals surface area (Å²) in [5.41, 5.74) is 7.56. The van der Waals surface area contributed by atoms with Crippen LogP contribution in [0.1, 0.15) is 31.9 Å². The lowest BCUT2D eigenvalue weighted by atomic mass is 10.2. The van der Waals surface area contributed by atoms with Gasteiger partial charge in [-0.1, -0.05) is 13.3 Å². The van der Waals surface area contributed by atoms with Gasteiger partial charge < -0.3 is 16.4 Å². The third kappa shape index (κ3) is 2.94. The van der Waals surface area contributed by atoms with Crippen LogP contribution in [0.25, 0.3) is 0 Å². The predicted octanol–water partition coefficient (Wildman–Crippen LogP) is 0.645. The fourth-order valence-electron chi connectivity index (χ4n) is 1.90. The van der Waals surface area contributed by atoms with Crippen LogP contribution in [0, 0.1) is 0 Å². The number of nitrogen functional groups attached to an aromatic ring is 1. The molecule has 1 aromatic rings. The summed E-state index contributed by atoms with van der Waals surface area (Å²) >= 11 is 0. The number of carbonyl (C=O) groups is 1. The van der Waals surface area contributed by atoms with Gasteiger partial charge in [-0.3, -0.25) is 9.48 Å². The van der Waals surface area contributed by atoms with Crippen molar-refractivity contribution in [2.24, 2.45) is 7.05 Å². The van der Waals surface area contributed by atoms with Crippen molar-refractivity contribution in [2.75, 3.05) is 17.6 Å². The SMILES string of the molecule is CCCc1nn(C)c(NCC(=O)NC2CC2)c1N. The molecule has 0 spiro atoms. The van der Waals surface area contributed by atoms with Gasteiger partial charge in [0.15, 0.2) is 0 Å². The maximum atomic E-state index is 11.6. The largest absolute Gasteiger partial charge is 0.394 e. The molecule has 1 aliphatic rings. The van der Waals surface area contributed by atoms with Crippen LogP contribution < -0.4 is 16.4 Å². The molecule has 0 atom stereocenters. The number of nitrogens with two attached hydrogens (primary N) is 1. The van der Waals surface area contributed by atoms with Crippen molar-refractivity contribution in [1.29, 1.82) is 0 Å². The van der Waals surface area contributed by atoms with E-state index in [9.17, 15) is 4.79 Å². The summed E-state index contributed by atoms with van der Waals surface area (Å²) in [6.07, 6.45) is 4.05. The van der Waals surface area contributed by atoms with E-state index >= 15 is 0 Å². The predicted molar refractivity (Wildman–Crippen MR) is 71.3 cm³/mol. The summed E-state index contributed by atoms with van der Waals surface area (Å²) in [7, 11) is 1.83. The normalized spacial score (nSPS) is 14.6. The van der Waals surface area contributed by atoms with Gasteiger partial charge in [0.25, 0.3) is 0 Å². The second-order valence-corrected chi connectivity index (χ2v) is 4.78. The van der Waals surface area contributed by atoms with Crippen LogP contribution in [0.3, 0.4) is 0 Å². The molecular weight excluding hydrogens is 230 g/mol. The molecule has 0 radical (unpaired) electrons. The highest BCUT2D eigenvalue weighted by Gasteiger charge is 2.23. The van der Waals surface area contributed by atoms with Crippen LogP contribution in [0.4, 0.5) is 11.5 Å². The molecule has 1 heterocycles. The van der Waals surface area contributed by atoms with Crippen molar-refractivity contribution in [1.82, 2.24) is 15.1 Å². The number of nitrogens with one attached hydrogen (secondary N) is 2. The van der Waals surface area contributed by atoms with Gasteiger partial charge in [-0.25, -0.2) is 0 Å². The first-order valence-electron chi connectivity index (χ1n) is 6.46. The number of nitrogens with zero attached hydrogens (tertiary/aromatic N) is 2. The second kappa shape index (κ2) is 5.29. The van der Waals surface area contributed by atoms with Crippen molar-refractivity contribution in [2.45, 2.75) is 38.6 Å². The molecule has 1 aromatic heterocycles. The third-order valence-corrected chi connectivity index (χ3v) is 3.01. The van der Waals surface area contributed by atoms with Gasteiger partial charge >= 0.3 is 0 Å². The summed E-state index contributed by atoms with van der Waals surface area (Å²) in [5, 5.41) is 10.3. The van der Waals surface area contributed by atoms with Crippen LogP contribution in [-0.2, 0) is 18.3 Å². The fraction of sp³-hybridized carbons (Fsp3) is 0.667. The molecule has 0 aromatic carbocycles. The van der Waals surface area contributed by atoms with Gasteiger partial charge in [0.2, 0.25) is 5.91 Å². The second-order valence-electron chi connectivity index (χ2n) is 4.78. The van der Waals surface area contributed by atoms with E-state index in [1.54, 1.807) is 4.68 Å². The number of aromatic nitrogens is 2. The Labute approximate surface area is 107 Å². The lowest BCUT2D eigenvalue weighted by Crippen LogP contribution is -2.31. The molecule has 1 fully saturated rings. The van der Waals surface area contributed by atoms with Gasteiger partial charge in [0, 0.05) is 13.1 Å². The van der Waals surface area contributed by atoms with E-state index in [4.69, 9.17) is 5.73 Å².